The molecule has 0 radical (unpaired) electrons. The van der Waals surface area contributed by atoms with Crippen LogP contribution in [0.3, 0.4) is 0 Å². The number of rotatable bonds is 6. The van der Waals surface area contributed by atoms with Crippen molar-refractivity contribution in [3.8, 4) is 0 Å². The van der Waals surface area contributed by atoms with Gasteiger partial charge in [0.1, 0.15) is 0 Å². The molecule has 9 nitrogen and oxygen atoms in total. The van der Waals surface area contributed by atoms with E-state index in [2.05, 4.69) is 9.62 Å². The number of piperazine rings is 1. The summed E-state index contributed by atoms with van der Waals surface area (Å²) in [5.74, 6) is -0.206. The number of hydrogen-bond acceptors (Lipinski definition) is 6. The van der Waals surface area contributed by atoms with Crippen molar-refractivity contribution in [1.29, 1.82) is 0 Å². The fourth-order valence-corrected chi connectivity index (χ4v) is 4.78. The van der Waals surface area contributed by atoms with Gasteiger partial charge in [-0.05, 0) is 50.6 Å². The predicted molar refractivity (Wildman–Crippen MR) is 118 cm³/mol. The molecule has 1 aliphatic rings. The molecule has 1 N–H and O–H groups in total. The molecular weight excluding hydrogens is 420 g/mol. The molecule has 1 fully saturated rings. The molecule has 0 spiro atoms. The molecule has 1 heterocycles. The number of carbonyl (C=O) groups excluding carboxylic acids is 1. The van der Waals surface area contributed by atoms with Crippen molar-refractivity contribution in [2.75, 3.05) is 31.1 Å². The Morgan fingerprint density at radius 1 is 1.06 bits per heavy atom. The lowest BCUT2D eigenvalue weighted by Crippen LogP contribution is -2.49. The van der Waals surface area contributed by atoms with E-state index in [9.17, 15) is 23.3 Å². The van der Waals surface area contributed by atoms with Crippen LogP contribution in [0.1, 0.15) is 29.8 Å². The number of nitrogens with one attached hydrogen (secondary N) is 1. The summed E-state index contributed by atoms with van der Waals surface area (Å²) in [4.78, 5) is 27.3. The molecule has 1 amide bonds. The van der Waals surface area contributed by atoms with E-state index < -0.39 is 14.9 Å². The van der Waals surface area contributed by atoms with Gasteiger partial charge in [0.2, 0.25) is 10.0 Å². The average molecular weight is 447 g/mol. The second-order valence-corrected chi connectivity index (χ2v) is 9.52. The Bertz CT molecular complexity index is 1080. The van der Waals surface area contributed by atoms with Crippen molar-refractivity contribution in [1.82, 2.24) is 9.62 Å². The first-order valence-corrected chi connectivity index (χ1v) is 11.5. The normalized spacial score (nSPS) is 14.7. The van der Waals surface area contributed by atoms with Crippen LogP contribution >= 0.6 is 0 Å². The number of aryl methyl sites for hydroxylation is 1. The van der Waals surface area contributed by atoms with Crippen LogP contribution in [0.4, 0.5) is 11.4 Å². The lowest BCUT2D eigenvalue weighted by molar-refractivity contribution is -0.384. The number of nitro benzene ring substituents is 1. The number of nitrogens with zero attached hydrogens (tertiary/aromatic N) is 3. The quantitative estimate of drug-likeness (QED) is 0.539. The summed E-state index contributed by atoms with van der Waals surface area (Å²) < 4.78 is 27.5. The standard InChI is InChI=1S/C21H26N4O5S/c1-15(2)22-31(29,30)19-9-4-16(3)20(14-19)21(26)24-12-10-23(11-13-24)17-5-7-18(8-6-17)25(27)28/h4-9,14-15,22H,10-13H2,1-3H3. The minimum atomic E-state index is -3.69. The van der Waals surface area contributed by atoms with Crippen molar-refractivity contribution >= 4 is 27.3 Å². The second-order valence-electron chi connectivity index (χ2n) is 7.81. The summed E-state index contributed by atoms with van der Waals surface area (Å²) in [7, 11) is -3.69. The van der Waals surface area contributed by atoms with Crippen molar-refractivity contribution < 1.29 is 18.1 Å². The molecule has 0 unspecified atom stereocenters. The van der Waals surface area contributed by atoms with Gasteiger partial charge < -0.3 is 9.80 Å². The van der Waals surface area contributed by atoms with Crippen LogP contribution in [0.25, 0.3) is 0 Å². The molecule has 0 aromatic heterocycles. The molecule has 2 aromatic carbocycles. The first kappa shape index (κ1) is 22.7. The Balaban J connectivity index is 1.72. The highest BCUT2D eigenvalue weighted by Crippen LogP contribution is 2.22. The third-order valence-corrected chi connectivity index (χ3v) is 6.79. The zero-order valence-electron chi connectivity index (χ0n) is 17.7. The molecule has 0 bridgehead atoms. The molecule has 166 valence electrons. The lowest BCUT2D eigenvalue weighted by atomic mass is 10.1. The van der Waals surface area contributed by atoms with Crippen molar-refractivity contribution in [3.05, 3.63) is 63.7 Å². The van der Waals surface area contributed by atoms with Gasteiger partial charge >= 0.3 is 0 Å². The number of carbonyl (C=O) groups is 1. The minimum Gasteiger partial charge on any atom is -0.368 e. The topological polar surface area (TPSA) is 113 Å². The number of amides is 1. The Morgan fingerprint density at radius 2 is 1.68 bits per heavy atom. The predicted octanol–water partition coefficient (Wildman–Crippen LogP) is 2.55. The molecule has 0 atom stereocenters. The fourth-order valence-electron chi connectivity index (χ4n) is 3.50. The van der Waals surface area contributed by atoms with Gasteiger partial charge in [0.15, 0.2) is 0 Å². The Hall–Kier alpha value is -2.98. The van der Waals surface area contributed by atoms with E-state index in [1.165, 1.54) is 24.3 Å². The molecule has 1 aliphatic heterocycles. The zero-order valence-corrected chi connectivity index (χ0v) is 18.6. The maximum absolute atomic E-state index is 13.1. The summed E-state index contributed by atoms with van der Waals surface area (Å²) in [5, 5.41) is 10.8. The molecule has 1 saturated heterocycles. The van der Waals surface area contributed by atoms with Gasteiger partial charge in [-0.2, -0.15) is 0 Å². The van der Waals surface area contributed by atoms with E-state index >= 15 is 0 Å². The highest BCUT2D eigenvalue weighted by molar-refractivity contribution is 7.89. The SMILES string of the molecule is Cc1ccc(S(=O)(=O)NC(C)C)cc1C(=O)N1CCN(c2ccc([N+](=O)[O-])cc2)CC1. The van der Waals surface area contributed by atoms with Crippen LogP contribution < -0.4 is 9.62 Å². The maximum atomic E-state index is 13.1. The fraction of sp³-hybridized carbons (Fsp3) is 0.381. The van der Waals surface area contributed by atoms with Crippen LogP contribution in [0, 0.1) is 17.0 Å². The lowest BCUT2D eigenvalue weighted by Gasteiger charge is -2.36. The van der Waals surface area contributed by atoms with E-state index in [4.69, 9.17) is 0 Å². The van der Waals surface area contributed by atoms with Crippen molar-refractivity contribution in [2.45, 2.75) is 31.7 Å². The van der Waals surface area contributed by atoms with Crippen LogP contribution in [-0.2, 0) is 10.0 Å². The monoisotopic (exact) mass is 446 g/mol. The van der Waals surface area contributed by atoms with E-state index in [1.807, 2.05) is 0 Å². The smallest absolute Gasteiger partial charge is 0.269 e. The first-order valence-electron chi connectivity index (χ1n) is 10.00. The molecular formula is C21H26N4O5S. The van der Waals surface area contributed by atoms with E-state index in [0.29, 0.717) is 37.3 Å². The van der Waals surface area contributed by atoms with E-state index in [0.717, 1.165) is 5.69 Å². The first-order chi connectivity index (χ1) is 14.6. The zero-order chi connectivity index (χ0) is 22.8. The van der Waals surface area contributed by atoms with Crippen molar-refractivity contribution in [2.24, 2.45) is 0 Å². The second kappa shape index (κ2) is 9.03. The maximum Gasteiger partial charge on any atom is 0.269 e. The van der Waals surface area contributed by atoms with Gasteiger partial charge in [0.05, 0.1) is 9.82 Å². The van der Waals surface area contributed by atoms with Gasteiger partial charge in [-0.15, -0.1) is 0 Å². The summed E-state index contributed by atoms with van der Waals surface area (Å²) in [6.45, 7) is 7.36. The highest BCUT2D eigenvalue weighted by atomic mass is 32.2. The van der Waals surface area contributed by atoms with E-state index in [-0.39, 0.29) is 22.5 Å². The number of hydrogen-bond donors (Lipinski definition) is 1. The Morgan fingerprint density at radius 3 is 2.23 bits per heavy atom. The number of benzene rings is 2. The summed E-state index contributed by atoms with van der Waals surface area (Å²) in [6, 6.07) is 10.7. The van der Waals surface area contributed by atoms with Gasteiger partial charge in [-0.1, -0.05) is 6.07 Å². The average Bonchev–Trinajstić information content (AvgIpc) is 2.72. The molecule has 0 aliphatic carbocycles. The molecule has 0 saturated carbocycles. The summed E-state index contributed by atoms with van der Waals surface area (Å²) in [6.07, 6.45) is 0. The number of nitro groups is 1. The van der Waals surface area contributed by atoms with E-state index in [1.54, 1.807) is 43.9 Å². The van der Waals surface area contributed by atoms with Gasteiger partial charge in [0.25, 0.3) is 11.6 Å². The molecule has 3 rings (SSSR count). The summed E-state index contributed by atoms with van der Waals surface area (Å²) in [5.41, 5.74) is 1.98. The molecule has 10 heteroatoms. The number of sulfonamides is 1. The van der Waals surface area contributed by atoms with Crippen LogP contribution in [0.2, 0.25) is 0 Å². The largest absolute Gasteiger partial charge is 0.368 e. The molecule has 2 aromatic rings. The third-order valence-electron chi connectivity index (χ3n) is 5.13. The summed E-state index contributed by atoms with van der Waals surface area (Å²) >= 11 is 0. The Labute approximate surface area is 181 Å². The highest BCUT2D eigenvalue weighted by Gasteiger charge is 2.25. The van der Waals surface area contributed by atoms with Gasteiger partial charge in [0, 0.05) is 55.6 Å². The Kier molecular flexibility index (Phi) is 6.61. The molecule has 31 heavy (non-hydrogen) atoms. The van der Waals surface area contributed by atoms with Crippen molar-refractivity contribution in [3.63, 3.8) is 0 Å². The van der Waals surface area contributed by atoms with Crippen LogP contribution in [-0.4, -0.2) is 56.4 Å². The van der Waals surface area contributed by atoms with Gasteiger partial charge in [-0.25, -0.2) is 13.1 Å². The minimum absolute atomic E-state index is 0.0369. The van der Waals surface area contributed by atoms with Crippen LogP contribution in [0.15, 0.2) is 47.4 Å². The third kappa shape index (κ3) is 5.20. The van der Waals surface area contributed by atoms with Gasteiger partial charge in [-0.3, -0.25) is 14.9 Å². The van der Waals surface area contributed by atoms with Crippen LogP contribution in [0.5, 0.6) is 0 Å². The number of non-ortho nitro benzene ring substituents is 1. The number of anilines is 1.